The quantitative estimate of drug-likeness (QED) is 0.218. The Kier molecular flexibility index (Phi) is 17.1. The Morgan fingerprint density at radius 3 is 2.35 bits per heavy atom. The van der Waals surface area contributed by atoms with Gasteiger partial charge in [0, 0.05) is 67.7 Å². The lowest BCUT2D eigenvalue weighted by Crippen LogP contribution is -2.44. The third-order valence-electron chi connectivity index (χ3n) is 8.23. The van der Waals surface area contributed by atoms with Crippen LogP contribution in [0.4, 0.5) is 0 Å². The molecule has 2 fully saturated rings. The number of pyridine rings is 1. The van der Waals surface area contributed by atoms with Gasteiger partial charge in [-0.25, -0.2) is 0 Å². The standard InChI is InChI=1S/C12H16N2O.C11H19N3O.C10H13N.C4H6O/c1-3-9-5-4-6-11(12(9)15-2)10(7-13)8-14;1-8-7-9(12-2)5-6-14(4)10(8)11(15)13-3;1-2-7-11-10(6-1)8-9-4-3-5-9;5-3-4-1-2-4/h4-8,13H,3,14H2,1-2H3;5,7,10,12H,6H2,1-4H3,(H,13,15);1-2,6-7,9H,3-5,8H2;3-4H,1-2H2/b10-8+,13-7?;;;. The van der Waals surface area contributed by atoms with E-state index >= 15 is 0 Å². The number of aldehydes is 1. The summed E-state index contributed by atoms with van der Waals surface area (Å²) in [7, 11) is 7.14. The van der Waals surface area contributed by atoms with Gasteiger partial charge in [0.2, 0.25) is 5.91 Å². The number of benzene rings is 1. The third kappa shape index (κ3) is 12.3. The molecule has 2 aromatic rings. The Labute approximate surface area is 275 Å². The molecule has 1 aromatic heterocycles. The minimum absolute atomic E-state index is 0.0389. The molecular weight excluding hydrogens is 576 g/mol. The first kappa shape index (κ1) is 37.9. The fourth-order valence-corrected chi connectivity index (χ4v) is 5.09. The number of nitrogens with two attached hydrogens (primary N) is 1. The molecule has 0 spiro atoms. The summed E-state index contributed by atoms with van der Waals surface area (Å²) >= 11 is 0. The number of ether oxygens (including phenoxy) is 1. The van der Waals surface area contributed by atoms with Crippen molar-refractivity contribution in [2.75, 3.05) is 34.8 Å². The Hall–Kier alpha value is -4.24. The zero-order valence-corrected chi connectivity index (χ0v) is 28.5. The van der Waals surface area contributed by atoms with Gasteiger partial charge >= 0.3 is 0 Å². The molecule has 2 aliphatic carbocycles. The van der Waals surface area contributed by atoms with Gasteiger partial charge in [-0.3, -0.25) is 14.7 Å². The number of amides is 1. The second-order valence-electron chi connectivity index (χ2n) is 11.7. The molecule has 250 valence electrons. The molecule has 3 aliphatic rings. The van der Waals surface area contributed by atoms with E-state index in [9.17, 15) is 9.59 Å². The van der Waals surface area contributed by atoms with Crippen LogP contribution in [0.15, 0.2) is 72.2 Å². The number of allylic oxidation sites excluding steroid dienone is 2. The van der Waals surface area contributed by atoms with E-state index in [0.717, 1.165) is 66.2 Å². The van der Waals surface area contributed by atoms with Crippen molar-refractivity contribution in [3.05, 3.63) is 89.0 Å². The third-order valence-corrected chi connectivity index (χ3v) is 8.23. The van der Waals surface area contributed by atoms with Crippen molar-refractivity contribution in [2.45, 2.75) is 64.8 Å². The summed E-state index contributed by atoms with van der Waals surface area (Å²) in [6.45, 7) is 4.81. The minimum atomic E-state index is -0.169. The monoisotopic (exact) mass is 630 g/mol. The lowest BCUT2D eigenvalue weighted by molar-refractivity contribution is -0.124. The van der Waals surface area contributed by atoms with Gasteiger partial charge in [0.1, 0.15) is 18.1 Å². The van der Waals surface area contributed by atoms with Crippen molar-refractivity contribution in [1.29, 1.82) is 5.41 Å². The molecule has 1 amide bonds. The highest BCUT2D eigenvalue weighted by Gasteiger charge is 2.25. The molecule has 1 aromatic carbocycles. The van der Waals surface area contributed by atoms with Crippen molar-refractivity contribution in [3.8, 4) is 5.75 Å². The predicted molar refractivity (Wildman–Crippen MR) is 189 cm³/mol. The van der Waals surface area contributed by atoms with Crippen LogP contribution in [0.25, 0.3) is 5.57 Å². The number of nitrogens with zero attached hydrogens (tertiary/aromatic N) is 2. The summed E-state index contributed by atoms with van der Waals surface area (Å²) in [6, 6.07) is 11.9. The van der Waals surface area contributed by atoms with Crippen LogP contribution in [0.2, 0.25) is 0 Å². The molecule has 9 nitrogen and oxygen atoms in total. The number of hydrogen-bond donors (Lipinski definition) is 4. The van der Waals surface area contributed by atoms with Crippen molar-refractivity contribution >= 4 is 24.0 Å². The number of nitrogens with one attached hydrogen (secondary N) is 3. The van der Waals surface area contributed by atoms with Crippen molar-refractivity contribution in [1.82, 2.24) is 20.5 Å². The van der Waals surface area contributed by atoms with E-state index in [0.29, 0.717) is 11.5 Å². The second kappa shape index (κ2) is 20.7. The highest BCUT2D eigenvalue weighted by atomic mass is 16.5. The van der Waals surface area contributed by atoms with Gasteiger partial charge in [-0.05, 0) is 81.0 Å². The smallest absolute Gasteiger partial charge is 0.241 e. The summed E-state index contributed by atoms with van der Waals surface area (Å²) in [5.41, 5.74) is 11.5. The summed E-state index contributed by atoms with van der Waals surface area (Å²) < 4.78 is 5.35. The number of aromatic nitrogens is 1. The Balaban J connectivity index is 0.000000224. The summed E-state index contributed by atoms with van der Waals surface area (Å²) in [5.74, 6) is 2.23. The van der Waals surface area contributed by atoms with Crippen LogP contribution in [-0.2, 0) is 22.4 Å². The number of hydrogen-bond acceptors (Lipinski definition) is 8. The fourth-order valence-electron chi connectivity index (χ4n) is 5.09. The largest absolute Gasteiger partial charge is 0.496 e. The topological polar surface area (TPSA) is 133 Å². The van der Waals surface area contributed by atoms with Crippen LogP contribution < -0.4 is 21.1 Å². The maximum atomic E-state index is 11.7. The molecule has 46 heavy (non-hydrogen) atoms. The van der Waals surface area contributed by atoms with E-state index < -0.39 is 0 Å². The molecule has 2 heterocycles. The second-order valence-corrected chi connectivity index (χ2v) is 11.7. The van der Waals surface area contributed by atoms with Crippen molar-refractivity contribution in [2.24, 2.45) is 17.6 Å². The van der Waals surface area contributed by atoms with E-state index in [1.165, 1.54) is 43.8 Å². The molecule has 1 unspecified atom stereocenters. The normalized spacial score (nSPS) is 17.7. The Morgan fingerprint density at radius 1 is 1.15 bits per heavy atom. The zero-order chi connectivity index (χ0) is 33.9. The molecule has 5 N–H and O–H groups in total. The van der Waals surface area contributed by atoms with Gasteiger partial charge in [0.05, 0.1) is 7.11 Å². The van der Waals surface area contributed by atoms with E-state index in [2.05, 4.69) is 40.8 Å². The average molecular weight is 631 g/mol. The van der Waals surface area contributed by atoms with Gasteiger partial charge in [-0.15, -0.1) is 0 Å². The molecular formula is C37H54N6O3. The summed E-state index contributed by atoms with van der Waals surface area (Å²) in [5, 5.41) is 13.1. The molecule has 1 aliphatic heterocycles. The maximum absolute atomic E-state index is 11.7. The maximum Gasteiger partial charge on any atom is 0.241 e. The lowest BCUT2D eigenvalue weighted by Gasteiger charge is -2.24. The van der Waals surface area contributed by atoms with E-state index in [4.69, 9.17) is 15.9 Å². The first-order valence-electron chi connectivity index (χ1n) is 16.2. The highest BCUT2D eigenvalue weighted by molar-refractivity contribution is 6.09. The first-order valence-corrected chi connectivity index (χ1v) is 16.2. The minimum Gasteiger partial charge on any atom is -0.496 e. The molecule has 5 rings (SSSR count). The van der Waals surface area contributed by atoms with Crippen LogP contribution in [-0.4, -0.2) is 69.1 Å². The van der Waals surface area contributed by atoms with Crippen LogP contribution in [0.1, 0.15) is 62.8 Å². The van der Waals surface area contributed by atoms with Gasteiger partial charge in [-0.1, -0.05) is 50.5 Å². The van der Waals surface area contributed by atoms with E-state index in [1.54, 1.807) is 14.2 Å². The van der Waals surface area contributed by atoms with Crippen LogP contribution >= 0.6 is 0 Å². The molecule has 2 saturated carbocycles. The molecule has 0 saturated heterocycles. The molecule has 0 radical (unpaired) electrons. The Bertz CT molecular complexity index is 1330. The first-order chi connectivity index (χ1) is 22.3. The SMILES string of the molecule is CCc1cccc(/C(C=N)=C/N)c1OC.CNC(=O)C1C(C)=CC(NC)=CCN1C.O=CC1CC1.c1ccc(CC2CCC2)nc1. The highest BCUT2D eigenvalue weighted by Crippen LogP contribution is 2.30. The number of rotatable bonds is 9. The van der Waals surface area contributed by atoms with Crippen molar-refractivity contribution < 1.29 is 14.3 Å². The van der Waals surface area contributed by atoms with E-state index in [1.807, 2.05) is 62.5 Å². The van der Waals surface area contributed by atoms with Gasteiger partial charge in [0.15, 0.2) is 0 Å². The van der Waals surface area contributed by atoms with Gasteiger partial charge < -0.3 is 31.3 Å². The van der Waals surface area contributed by atoms with Gasteiger partial charge in [-0.2, -0.15) is 0 Å². The summed E-state index contributed by atoms with van der Waals surface area (Å²) in [4.78, 5) is 27.6. The van der Waals surface area contributed by atoms with Crippen molar-refractivity contribution in [3.63, 3.8) is 0 Å². The fraction of sp³-hybridized carbons (Fsp3) is 0.459. The number of para-hydroxylation sites is 1. The molecule has 0 bridgehead atoms. The number of aryl methyl sites for hydroxylation is 1. The number of likely N-dealkylation sites (N-methyl/N-ethyl adjacent to an activating group) is 3. The summed E-state index contributed by atoms with van der Waals surface area (Å²) in [6.07, 6.45) is 18.3. The number of carbonyl (C=O) groups is 2. The van der Waals surface area contributed by atoms with Gasteiger partial charge in [0.25, 0.3) is 0 Å². The average Bonchev–Trinajstić information content (AvgIpc) is 3.92. The zero-order valence-electron chi connectivity index (χ0n) is 28.5. The Morgan fingerprint density at radius 2 is 1.89 bits per heavy atom. The number of methoxy groups -OCH3 is 1. The lowest BCUT2D eigenvalue weighted by atomic mass is 9.82. The molecule has 9 heteroatoms. The number of carbonyl (C=O) groups excluding carboxylic acids is 2. The van der Waals surface area contributed by atoms with Crippen LogP contribution in [0.5, 0.6) is 5.75 Å². The molecule has 1 atom stereocenters. The predicted octanol–water partition coefficient (Wildman–Crippen LogP) is 5.32. The van der Waals surface area contributed by atoms with Crippen LogP contribution in [0, 0.1) is 17.2 Å². The van der Waals surface area contributed by atoms with E-state index in [-0.39, 0.29) is 11.9 Å². The van der Waals surface area contributed by atoms with Crippen LogP contribution in [0.3, 0.4) is 0 Å².